The van der Waals surface area contributed by atoms with Crippen LogP contribution < -0.4 is 10.2 Å². The standard InChI is InChI=1S/C25H25N3O4/c1-2-27-13-22(25(30)28-12-20-9-17(28)14-31-20)23(29)21-10-19(11-26-24(21)27)32-18-7-15-5-3-4-6-16(15)8-18/h3-6,10-11,13,17-18,20H,2,7-9,12,14H2,1H3/t17-,20-/m0/s1. The summed E-state index contributed by atoms with van der Waals surface area (Å²) in [6, 6.07) is 10.2. The van der Waals surface area contributed by atoms with Crippen molar-refractivity contribution in [3.05, 3.63) is 69.6 Å². The molecule has 32 heavy (non-hydrogen) atoms. The van der Waals surface area contributed by atoms with Gasteiger partial charge < -0.3 is 18.9 Å². The van der Waals surface area contributed by atoms with Crippen LogP contribution in [-0.2, 0) is 24.1 Å². The van der Waals surface area contributed by atoms with Crippen molar-refractivity contribution in [2.75, 3.05) is 13.2 Å². The van der Waals surface area contributed by atoms with Crippen LogP contribution in [0.5, 0.6) is 5.75 Å². The number of pyridine rings is 2. The number of carbonyl (C=O) groups excluding carboxylic acids is 1. The minimum absolute atomic E-state index is 0.0185. The average molecular weight is 431 g/mol. The van der Waals surface area contributed by atoms with Crippen molar-refractivity contribution in [2.24, 2.45) is 0 Å². The molecule has 2 aromatic heterocycles. The third-order valence-corrected chi connectivity index (χ3v) is 6.94. The number of hydrogen-bond acceptors (Lipinski definition) is 5. The van der Waals surface area contributed by atoms with Gasteiger partial charge in [0.05, 0.1) is 30.3 Å². The number of benzene rings is 1. The van der Waals surface area contributed by atoms with Crippen LogP contribution in [-0.4, -0.2) is 51.8 Å². The van der Waals surface area contributed by atoms with E-state index in [9.17, 15) is 9.59 Å². The fraction of sp³-hybridized carbons (Fsp3) is 0.400. The molecule has 1 aromatic carbocycles. The molecule has 0 N–H and O–H groups in total. The van der Waals surface area contributed by atoms with Crippen molar-refractivity contribution >= 4 is 16.9 Å². The van der Waals surface area contributed by atoms with Gasteiger partial charge in [0.15, 0.2) is 0 Å². The molecule has 1 amide bonds. The summed E-state index contributed by atoms with van der Waals surface area (Å²) in [5.74, 6) is 0.348. The van der Waals surface area contributed by atoms with Gasteiger partial charge in [-0.05, 0) is 30.5 Å². The molecule has 0 radical (unpaired) electrons. The number of likely N-dealkylation sites (tertiary alicyclic amines) is 1. The number of fused-ring (bicyclic) bond motifs is 4. The number of carbonyl (C=O) groups is 1. The third kappa shape index (κ3) is 3.11. The van der Waals surface area contributed by atoms with Crippen molar-refractivity contribution in [2.45, 2.75) is 51.0 Å². The minimum Gasteiger partial charge on any atom is -0.488 e. The Hall–Kier alpha value is -3.19. The average Bonchev–Trinajstić information content (AvgIpc) is 3.54. The van der Waals surface area contributed by atoms with Crippen LogP contribution in [0.25, 0.3) is 11.0 Å². The highest BCUT2D eigenvalue weighted by molar-refractivity contribution is 5.97. The Morgan fingerprint density at radius 3 is 2.69 bits per heavy atom. The van der Waals surface area contributed by atoms with E-state index in [0.717, 1.165) is 19.3 Å². The Labute approximate surface area is 185 Å². The van der Waals surface area contributed by atoms with Crippen LogP contribution >= 0.6 is 0 Å². The number of aryl methyl sites for hydroxylation is 1. The molecule has 0 spiro atoms. The zero-order valence-electron chi connectivity index (χ0n) is 18.0. The summed E-state index contributed by atoms with van der Waals surface area (Å²) in [5.41, 5.74) is 3.08. The fourth-order valence-corrected chi connectivity index (χ4v) is 5.31. The molecule has 7 nitrogen and oxygen atoms in total. The van der Waals surface area contributed by atoms with Gasteiger partial charge in [-0.2, -0.15) is 0 Å². The molecular weight excluding hydrogens is 406 g/mol. The predicted molar refractivity (Wildman–Crippen MR) is 119 cm³/mol. The quantitative estimate of drug-likeness (QED) is 0.635. The summed E-state index contributed by atoms with van der Waals surface area (Å²) in [7, 11) is 0. The van der Waals surface area contributed by atoms with Gasteiger partial charge in [-0.3, -0.25) is 9.59 Å². The molecule has 3 aliphatic rings. The van der Waals surface area contributed by atoms with E-state index >= 15 is 0 Å². The maximum absolute atomic E-state index is 13.4. The normalized spacial score (nSPS) is 22.0. The Balaban J connectivity index is 1.34. The summed E-state index contributed by atoms with van der Waals surface area (Å²) in [6.45, 7) is 3.69. The highest BCUT2D eigenvalue weighted by atomic mass is 16.5. The van der Waals surface area contributed by atoms with E-state index in [2.05, 4.69) is 17.1 Å². The molecule has 2 atom stereocenters. The van der Waals surface area contributed by atoms with E-state index in [1.54, 1.807) is 23.4 Å². The first kappa shape index (κ1) is 19.5. The molecule has 6 rings (SSSR count). The van der Waals surface area contributed by atoms with Crippen LogP contribution in [0.2, 0.25) is 0 Å². The van der Waals surface area contributed by atoms with Crippen LogP contribution in [0.1, 0.15) is 34.8 Å². The molecule has 0 unspecified atom stereocenters. The Kier molecular flexibility index (Phi) is 4.54. The second-order valence-electron chi connectivity index (χ2n) is 8.92. The molecule has 2 bridgehead atoms. The Morgan fingerprint density at radius 1 is 1.25 bits per heavy atom. The second-order valence-corrected chi connectivity index (χ2v) is 8.92. The van der Waals surface area contributed by atoms with Gasteiger partial charge in [-0.1, -0.05) is 24.3 Å². The minimum atomic E-state index is -0.286. The van der Waals surface area contributed by atoms with Crippen molar-refractivity contribution in [1.82, 2.24) is 14.5 Å². The number of aromatic nitrogens is 2. The molecular formula is C25H25N3O4. The van der Waals surface area contributed by atoms with Crippen molar-refractivity contribution < 1.29 is 14.3 Å². The molecule has 2 saturated heterocycles. The molecule has 2 aliphatic heterocycles. The summed E-state index contributed by atoms with van der Waals surface area (Å²) in [5, 5.41) is 0.423. The lowest BCUT2D eigenvalue weighted by atomic mass is 10.1. The van der Waals surface area contributed by atoms with E-state index in [4.69, 9.17) is 9.47 Å². The van der Waals surface area contributed by atoms with Crippen LogP contribution in [0, 0.1) is 0 Å². The molecule has 3 aromatic rings. The Bertz CT molecular complexity index is 1260. The highest BCUT2D eigenvalue weighted by Crippen LogP contribution is 2.30. The van der Waals surface area contributed by atoms with Gasteiger partial charge in [0.2, 0.25) is 5.43 Å². The van der Waals surface area contributed by atoms with Gasteiger partial charge in [0.25, 0.3) is 5.91 Å². The lowest BCUT2D eigenvalue weighted by Gasteiger charge is -2.27. The summed E-state index contributed by atoms with van der Waals surface area (Å²) < 4.78 is 13.7. The van der Waals surface area contributed by atoms with Gasteiger partial charge in [-0.15, -0.1) is 0 Å². The first-order valence-electron chi connectivity index (χ1n) is 11.3. The van der Waals surface area contributed by atoms with Crippen molar-refractivity contribution in [1.29, 1.82) is 0 Å². The number of rotatable bonds is 4. The molecule has 164 valence electrons. The van der Waals surface area contributed by atoms with Crippen LogP contribution in [0.15, 0.2) is 47.5 Å². The zero-order chi connectivity index (χ0) is 21.8. The summed E-state index contributed by atoms with van der Waals surface area (Å²) in [4.78, 5) is 33.0. The summed E-state index contributed by atoms with van der Waals surface area (Å²) in [6.07, 6.45) is 5.97. The SMILES string of the molecule is CCn1cc(C(=O)N2C[C@@H]3C[C@H]2CO3)c(=O)c2cc(OC3Cc4ccccc4C3)cnc21. The summed E-state index contributed by atoms with van der Waals surface area (Å²) >= 11 is 0. The van der Waals surface area contributed by atoms with E-state index in [1.165, 1.54) is 11.1 Å². The molecule has 2 fully saturated rings. The van der Waals surface area contributed by atoms with E-state index in [1.807, 2.05) is 23.6 Å². The largest absolute Gasteiger partial charge is 0.488 e. The van der Waals surface area contributed by atoms with Crippen LogP contribution in [0.4, 0.5) is 0 Å². The zero-order valence-corrected chi connectivity index (χ0v) is 18.0. The van der Waals surface area contributed by atoms with Gasteiger partial charge in [0, 0.05) is 32.1 Å². The number of nitrogens with zero attached hydrogens (tertiary/aromatic N) is 3. The topological polar surface area (TPSA) is 73.7 Å². The van der Waals surface area contributed by atoms with Gasteiger partial charge in [-0.25, -0.2) is 4.98 Å². The first-order valence-corrected chi connectivity index (χ1v) is 11.3. The predicted octanol–water partition coefficient (Wildman–Crippen LogP) is 2.58. The highest BCUT2D eigenvalue weighted by Gasteiger charge is 2.42. The monoisotopic (exact) mass is 431 g/mol. The first-order chi connectivity index (χ1) is 15.6. The number of morpholine rings is 1. The van der Waals surface area contributed by atoms with E-state index in [0.29, 0.717) is 36.5 Å². The third-order valence-electron chi connectivity index (χ3n) is 6.94. The van der Waals surface area contributed by atoms with Crippen molar-refractivity contribution in [3.63, 3.8) is 0 Å². The maximum Gasteiger partial charge on any atom is 0.259 e. The van der Waals surface area contributed by atoms with Gasteiger partial charge in [0.1, 0.15) is 23.1 Å². The van der Waals surface area contributed by atoms with Crippen molar-refractivity contribution in [3.8, 4) is 5.75 Å². The molecule has 7 heteroatoms. The van der Waals surface area contributed by atoms with Gasteiger partial charge >= 0.3 is 0 Å². The molecule has 0 saturated carbocycles. The van der Waals surface area contributed by atoms with E-state index < -0.39 is 0 Å². The Morgan fingerprint density at radius 2 is 2.03 bits per heavy atom. The number of ether oxygens (including phenoxy) is 2. The second kappa shape index (κ2) is 7.45. The fourth-order valence-electron chi connectivity index (χ4n) is 5.31. The number of amides is 1. The number of hydrogen-bond donors (Lipinski definition) is 0. The maximum atomic E-state index is 13.4. The molecule has 4 heterocycles. The smallest absolute Gasteiger partial charge is 0.259 e. The van der Waals surface area contributed by atoms with Crippen LogP contribution in [0.3, 0.4) is 0 Å². The molecule has 1 aliphatic carbocycles. The van der Waals surface area contributed by atoms with E-state index in [-0.39, 0.29) is 35.1 Å². The lowest BCUT2D eigenvalue weighted by molar-refractivity contribution is 0.0258. The lowest BCUT2D eigenvalue weighted by Crippen LogP contribution is -2.43.